The quantitative estimate of drug-likeness (QED) is 0.512. The first-order valence-corrected chi connectivity index (χ1v) is 10.8. The Balaban J connectivity index is 2.30. The Labute approximate surface area is 194 Å². The number of rotatable bonds is 6. The molecule has 0 radical (unpaired) electrons. The first-order chi connectivity index (χ1) is 15.7. The Bertz CT molecular complexity index is 1170. The Hall–Kier alpha value is -3.85. The Kier molecular flexibility index (Phi) is 7.03. The predicted octanol–water partition coefficient (Wildman–Crippen LogP) is 5.43. The molecule has 6 heteroatoms. The highest BCUT2D eigenvalue weighted by Crippen LogP contribution is 2.41. The molecule has 0 saturated carbocycles. The van der Waals surface area contributed by atoms with Crippen LogP contribution in [0.4, 0.5) is 4.79 Å². The van der Waals surface area contributed by atoms with E-state index in [0.29, 0.717) is 11.1 Å². The van der Waals surface area contributed by atoms with E-state index in [4.69, 9.17) is 9.47 Å². The van der Waals surface area contributed by atoms with Crippen LogP contribution >= 0.6 is 0 Å². The average Bonchev–Trinajstić information content (AvgIpc) is 2.78. The fourth-order valence-electron chi connectivity index (χ4n) is 3.87. The number of alkyl carbamates (subject to hydrolysis) is 1. The highest BCUT2D eigenvalue weighted by atomic mass is 16.6. The van der Waals surface area contributed by atoms with Crippen LogP contribution in [0.15, 0.2) is 72.8 Å². The van der Waals surface area contributed by atoms with E-state index in [1.807, 2.05) is 36.4 Å². The number of benzene rings is 3. The molecule has 0 heterocycles. The van der Waals surface area contributed by atoms with Crippen LogP contribution in [0.1, 0.15) is 44.9 Å². The summed E-state index contributed by atoms with van der Waals surface area (Å²) in [7, 11) is 0. The number of amides is 1. The third-order valence-electron chi connectivity index (χ3n) is 5.23. The van der Waals surface area contributed by atoms with Crippen LogP contribution in [0.5, 0.6) is 0 Å². The minimum Gasteiger partial charge on any atom is -0.464 e. The van der Waals surface area contributed by atoms with Gasteiger partial charge in [-0.2, -0.15) is 5.26 Å². The molecule has 1 N–H and O–H groups in total. The first kappa shape index (κ1) is 23.8. The van der Waals surface area contributed by atoms with Gasteiger partial charge in [0.05, 0.1) is 18.7 Å². The molecule has 0 aliphatic rings. The van der Waals surface area contributed by atoms with Gasteiger partial charge in [-0.1, -0.05) is 72.8 Å². The summed E-state index contributed by atoms with van der Waals surface area (Å²) < 4.78 is 10.9. The van der Waals surface area contributed by atoms with Crippen molar-refractivity contribution >= 4 is 22.8 Å². The third kappa shape index (κ3) is 4.98. The van der Waals surface area contributed by atoms with E-state index >= 15 is 0 Å². The molecule has 0 bridgehead atoms. The van der Waals surface area contributed by atoms with Crippen LogP contribution in [0.3, 0.4) is 0 Å². The lowest BCUT2D eigenvalue weighted by molar-refractivity contribution is -0.149. The van der Waals surface area contributed by atoms with Crippen molar-refractivity contribution in [2.45, 2.75) is 44.8 Å². The molecular weight excluding hydrogens is 416 g/mol. The Morgan fingerprint density at radius 3 is 2.24 bits per heavy atom. The molecule has 0 aromatic heterocycles. The molecule has 0 saturated heterocycles. The van der Waals surface area contributed by atoms with Gasteiger partial charge in [-0.25, -0.2) is 9.59 Å². The zero-order valence-corrected chi connectivity index (χ0v) is 19.3. The van der Waals surface area contributed by atoms with E-state index in [2.05, 4.69) is 11.4 Å². The third-order valence-corrected chi connectivity index (χ3v) is 5.23. The number of nitrogens with zero attached hydrogens (tertiary/aromatic N) is 1. The molecule has 170 valence electrons. The van der Waals surface area contributed by atoms with Gasteiger partial charge in [-0.15, -0.1) is 0 Å². The predicted molar refractivity (Wildman–Crippen MR) is 126 cm³/mol. The number of hydrogen-bond donors (Lipinski definition) is 1. The molecule has 3 rings (SSSR count). The molecule has 6 nitrogen and oxygen atoms in total. The topological polar surface area (TPSA) is 88.4 Å². The SMILES string of the molecule is CCOC(=O)[C@@](C#N)(c1ccccc1)[C@H](NC(=O)OC(C)(C)C)c1cccc2ccccc12. The van der Waals surface area contributed by atoms with Gasteiger partial charge in [0.1, 0.15) is 5.60 Å². The molecule has 0 aliphatic heterocycles. The molecule has 2 atom stereocenters. The Morgan fingerprint density at radius 1 is 0.970 bits per heavy atom. The molecule has 33 heavy (non-hydrogen) atoms. The number of nitrogens with one attached hydrogen (secondary N) is 1. The van der Waals surface area contributed by atoms with Crippen molar-refractivity contribution in [1.29, 1.82) is 5.26 Å². The molecule has 0 unspecified atom stereocenters. The van der Waals surface area contributed by atoms with Gasteiger partial charge in [0.2, 0.25) is 5.41 Å². The summed E-state index contributed by atoms with van der Waals surface area (Å²) in [5.41, 5.74) is -1.59. The Morgan fingerprint density at radius 2 is 1.61 bits per heavy atom. The molecule has 0 fully saturated rings. The van der Waals surface area contributed by atoms with E-state index in [9.17, 15) is 14.9 Å². The summed E-state index contributed by atoms with van der Waals surface area (Å²) in [5.74, 6) is -0.743. The van der Waals surface area contributed by atoms with Crippen LogP contribution in [0, 0.1) is 11.3 Å². The zero-order chi connectivity index (χ0) is 24.1. The molecule has 3 aromatic carbocycles. The van der Waals surface area contributed by atoms with Gasteiger partial charge < -0.3 is 14.8 Å². The van der Waals surface area contributed by atoms with Crippen molar-refractivity contribution in [1.82, 2.24) is 5.32 Å². The van der Waals surface area contributed by atoms with Crippen molar-refractivity contribution in [2.75, 3.05) is 6.61 Å². The van der Waals surface area contributed by atoms with Crippen molar-refractivity contribution in [3.63, 3.8) is 0 Å². The second-order valence-corrected chi connectivity index (χ2v) is 8.65. The lowest BCUT2D eigenvalue weighted by Crippen LogP contribution is -2.50. The standard InChI is InChI=1S/C27H28N2O4/c1-5-32-24(30)27(18-28,20-14-7-6-8-15-20)23(29-25(31)33-26(2,3)4)22-17-11-13-19-12-9-10-16-21(19)22/h6-17,23H,5H2,1-4H3,(H,29,31)/t23-,27+/m1/s1. The maximum absolute atomic E-state index is 13.5. The van der Waals surface area contributed by atoms with E-state index in [-0.39, 0.29) is 6.61 Å². The van der Waals surface area contributed by atoms with Gasteiger partial charge in [-0.3, -0.25) is 0 Å². The normalized spacial score (nSPS) is 13.9. The number of nitriles is 1. The van der Waals surface area contributed by atoms with E-state index in [1.54, 1.807) is 64.1 Å². The van der Waals surface area contributed by atoms with Gasteiger partial charge in [-0.05, 0) is 49.6 Å². The maximum Gasteiger partial charge on any atom is 0.408 e. The number of ether oxygens (including phenoxy) is 2. The van der Waals surface area contributed by atoms with Gasteiger partial charge >= 0.3 is 12.1 Å². The van der Waals surface area contributed by atoms with Crippen LogP contribution in [0.2, 0.25) is 0 Å². The van der Waals surface area contributed by atoms with E-state index in [0.717, 1.165) is 10.8 Å². The molecule has 1 amide bonds. The van der Waals surface area contributed by atoms with Crippen LogP contribution in [-0.4, -0.2) is 24.3 Å². The second kappa shape index (κ2) is 9.74. The fraction of sp³-hybridized carbons (Fsp3) is 0.296. The summed E-state index contributed by atoms with van der Waals surface area (Å²) in [4.78, 5) is 26.4. The molecule has 3 aromatic rings. The zero-order valence-electron chi connectivity index (χ0n) is 19.3. The van der Waals surface area contributed by atoms with Crippen molar-refractivity contribution in [3.05, 3.63) is 83.9 Å². The number of carbonyl (C=O) groups is 2. The van der Waals surface area contributed by atoms with Gasteiger partial charge in [0.15, 0.2) is 0 Å². The largest absolute Gasteiger partial charge is 0.464 e. The number of esters is 1. The van der Waals surface area contributed by atoms with Crippen molar-refractivity contribution in [2.24, 2.45) is 0 Å². The first-order valence-electron chi connectivity index (χ1n) is 10.8. The number of hydrogen-bond acceptors (Lipinski definition) is 5. The summed E-state index contributed by atoms with van der Waals surface area (Å²) >= 11 is 0. The minimum atomic E-state index is -1.85. The summed E-state index contributed by atoms with van der Waals surface area (Å²) in [6.45, 7) is 7.02. The maximum atomic E-state index is 13.5. The summed E-state index contributed by atoms with van der Waals surface area (Å²) in [5, 5.41) is 15.1. The molecule has 0 spiro atoms. The minimum absolute atomic E-state index is 0.0871. The lowest BCUT2D eigenvalue weighted by atomic mass is 9.71. The smallest absolute Gasteiger partial charge is 0.408 e. The van der Waals surface area contributed by atoms with Gasteiger partial charge in [0.25, 0.3) is 0 Å². The number of fused-ring (bicyclic) bond motifs is 1. The summed E-state index contributed by atoms with van der Waals surface area (Å²) in [6.07, 6.45) is -0.736. The van der Waals surface area contributed by atoms with Crippen molar-refractivity contribution < 1.29 is 19.1 Å². The van der Waals surface area contributed by atoms with E-state index < -0.39 is 29.1 Å². The summed E-state index contributed by atoms with van der Waals surface area (Å²) in [6, 6.07) is 23.0. The van der Waals surface area contributed by atoms with Gasteiger partial charge in [0, 0.05) is 0 Å². The fourth-order valence-corrected chi connectivity index (χ4v) is 3.87. The van der Waals surface area contributed by atoms with Crippen LogP contribution < -0.4 is 5.32 Å². The van der Waals surface area contributed by atoms with Crippen LogP contribution in [0.25, 0.3) is 10.8 Å². The monoisotopic (exact) mass is 444 g/mol. The van der Waals surface area contributed by atoms with Crippen LogP contribution in [-0.2, 0) is 19.7 Å². The highest BCUT2D eigenvalue weighted by molar-refractivity contribution is 5.93. The highest BCUT2D eigenvalue weighted by Gasteiger charge is 2.52. The average molecular weight is 445 g/mol. The molecular formula is C27H28N2O4. The van der Waals surface area contributed by atoms with E-state index in [1.165, 1.54) is 0 Å². The lowest BCUT2D eigenvalue weighted by Gasteiger charge is -2.35. The number of carbonyl (C=O) groups excluding carboxylic acids is 2. The van der Waals surface area contributed by atoms with Crippen molar-refractivity contribution in [3.8, 4) is 6.07 Å². The molecule has 0 aliphatic carbocycles. The second-order valence-electron chi connectivity index (χ2n) is 8.65.